The van der Waals surface area contributed by atoms with E-state index in [2.05, 4.69) is 4.18 Å². The molecule has 142 valence electrons. The monoisotopic (exact) mass is 390 g/mol. The normalized spacial score (nSPS) is 18.2. The number of hydrogen-bond acceptors (Lipinski definition) is 5. The fraction of sp³-hybridized carbons (Fsp3) is 0.412. The van der Waals surface area contributed by atoms with Crippen LogP contribution >= 0.6 is 0 Å². The smallest absolute Gasteiger partial charge is 0.497 e. The number of fused-ring (bicyclic) bond motifs is 1. The molecular weight excluding hydrogens is 373 g/mol. The first kappa shape index (κ1) is 18.8. The summed E-state index contributed by atoms with van der Waals surface area (Å²) in [5.41, 5.74) is -3.27. The van der Waals surface area contributed by atoms with E-state index in [1.807, 2.05) is 0 Å². The van der Waals surface area contributed by atoms with Crippen LogP contribution in [0.1, 0.15) is 24.0 Å². The summed E-state index contributed by atoms with van der Waals surface area (Å²) in [4.78, 5) is 0. The van der Waals surface area contributed by atoms with Gasteiger partial charge in [-0.1, -0.05) is 6.08 Å². The molecule has 0 atom stereocenters. The standard InChI is InChI=1S/C17H17F3O5S/c1-23-13-3-5-15-12(10-13)2-4-14(11-6-8-24-9-7-11)16(15)25-26(21,22)17(18,19)20/h3,5-6,10H,2,4,7-9H2,1H3. The van der Waals surface area contributed by atoms with Crippen molar-refractivity contribution in [3.8, 4) is 5.75 Å². The van der Waals surface area contributed by atoms with Crippen LogP contribution in [0.5, 0.6) is 5.75 Å². The number of methoxy groups -OCH3 is 1. The lowest BCUT2D eigenvalue weighted by Gasteiger charge is -2.26. The molecule has 1 heterocycles. The van der Waals surface area contributed by atoms with Crippen molar-refractivity contribution in [3.05, 3.63) is 46.5 Å². The van der Waals surface area contributed by atoms with Crippen LogP contribution in [-0.2, 0) is 25.5 Å². The van der Waals surface area contributed by atoms with E-state index < -0.39 is 15.6 Å². The number of ether oxygens (including phenoxy) is 2. The molecule has 1 aromatic carbocycles. The van der Waals surface area contributed by atoms with Gasteiger partial charge in [-0.3, -0.25) is 0 Å². The van der Waals surface area contributed by atoms with Gasteiger partial charge >= 0.3 is 15.6 Å². The number of halogens is 3. The molecule has 0 radical (unpaired) electrons. The van der Waals surface area contributed by atoms with E-state index in [9.17, 15) is 21.6 Å². The zero-order chi connectivity index (χ0) is 18.9. The highest BCUT2D eigenvalue weighted by molar-refractivity contribution is 7.87. The number of allylic oxidation sites excluding steroid dienone is 1. The van der Waals surface area contributed by atoms with Crippen LogP contribution < -0.4 is 4.74 Å². The van der Waals surface area contributed by atoms with Crippen LogP contribution in [0.25, 0.3) is 5.76 Å². The zero-order valence-corrected chi connectivity index (χ0v) is 14.7. The molecule has 1 aromatic rings. The molecule has 3 rings (SSSR count). The van der Waals surface area contributed by atoms with Crippen LogP contribution in [0.2, 0.25) is 0 Å². The Balaban J connectivity index is 2.13. The lowest BCUT2D eigenvalue weighted by molar-refractivity contribution is -0.0509. The molecular formula is C17H17F3O5S. The molecule has 0 fully saturated rings. The number of rotatable bonds is 4. The third kappa shape index (κ3) is 3.59. The summed E-state index contributed by atoms with van der Waals surface area (Å²) < 4.78 is 76.8. The summed E-state index contributed by atoms with van der Waals surface area (Å²) in [5, 5.41) is 0. The maximum Gasteiger partial charge on any atom is 0.534 e. The maximum atomic E-state index is 12.9. The van der Waals surface area contributed by atoms with Gasteiger partial charge in [0.15, 0.2) is 5.76 Å². The molecule has 0 amide bonds. The minimum Gasteiger partial charge on any atom is -0.497 e. The Bertz CT molecular complexity index is 869. The van der Waals surface area contributed by atoms with Gasteiger partial charge in [0, 0.05) is 5.56 Å². The fourth-order valence-corrected chi connectivity index (χ4v) is 3.53. The average molecular weight is 390 g/mol. The van der Waals surface area contributed by atoms with Gasteiger partial charge in [-0.2, -0.15) is 21.6 Å². The predicted molar refractivity (Wildman–Crippen MR) is 87.8 cm³/mol. The molecule has 0 aromatic heterocycles. The van der Waals surface area contributed by atoms with Crippen molar-refractivity contribution in [1.82, 2.24) is 0 Å². The van der Waals surface area contributed by atoms with Gasteiger partial charge in [0.2, 0.25) is 0 Å². The van der Waals surface area contributed by atoms with Crippen LogP contribution in [0.4, 0.5) is 13.2 Å². The van der Waals surface area contributed by atoms with Crippen LogP contribution in [0.3, 0.4) is 0 Å². The van der Waals surface area contributed by atoms with E-state index in [0.717, 1.165) is 5.57 Å². The molecule has 5 nitrogen and oxygen atoms in total. The van der Waals surface area contributed by atoms with Crippen molar-refractivity contribution in [2.75, 3.05) is 20.3 Å². The number of hydrogen-bond donors (Lipinski definition) is 0. The molecule has 0 spiro atoms. The van der Waals surface area contributed by atoms with Crippen molar-refractivity contribution >= 4 is 15.9 Å². The highest BCUT2D eigenvalue weighted by Gasteiger charge is 2.49. The molecule has 0 saturated carbocycles. The third-order valence-corrected chi connectivity index (χ3v) is 5.26. The van der Waals surface area contributed by atoms with E-state index in [0.29, 0.717) is 54.9 Å². The minimum absolute atomic E-state index is 0.264. The lowest BCUT2D eigenvalue weighted by atomic mass is 9.85. The van der Waals surface area contributed by atoms with Crippen LogP contribution in [-0.4, -0.2) is 34.2 Å². The predicted octanol–water partition coefficient (Wildman–Crippen LogP) is 3.57. The summed E-state index contributed by atoms with van der Waals surface area (Å²) >= 11 is 0. The van der Waals surface area contributed by atoms with E-state index in [-0.39, 0.29) is 5.76 Å². The summed E-state index contributed by atoms with van der Waals surface area (Å²) in [6.45, 7) is 0.748. The summed E-state index contributed by atoms with van der Waals surface area (Å²) in [6.07, 6.45) is 3.14. The van der Waals surface area contributed by atoms with Crippen LogP contribution in [0, 0.1) is 0 Å². The first-order valence-electron chi connectivity index (χ1n) is 7.91. The number of alkyl halides is 3. The van der Waals surface area contributed by atoms with Gasteiger partial charge in [0.25, 0.3) is 0 Å². The van der Waals surface area contributed by atoms with E-state index >= 15 is 0 Å². The van der Waals surface area contributed by atoms with Gasteiger partial charge in [-0.25, -0.2) is 0 Å². The van der Waals surface area contributed by atoms with Gasteiger partial charge < -0.3 is 13.7 Å². The summed E-state index contributed by atoms with van der Waals surface area (Å²) in [5.74, 6) is 0.273. The fourth-order valence-electron chi connectivity index (χ4n) is 3.02. The van der Waals surface area contributed by atoms with E-state index in [1.165, 1.54) is 13.2 Å². The Labute approximate surface area is 149 Å². The second-order valence-corrected chi connectivity index (χ2v) is 7.41. The average Bonchev–Trinajstić information content (AvgIpc) is 2.61. The minimum atomic E-state index is -5.77. The Morgan fingerprint density at radius 2 is 1.92 bits per heavy atom. The topological polar surface area (TPSA) is 61.8 Å². The summed E-state index contributed by atoms with van der Waals surface area (Å²) in [7, 11) is -4.30. The third-order valence-electron chi connectivity index (χ3n) is 4.30. The molecule has 2 aliphatic rings. The first-order chi connectivity index (χ1) is 12.2. The Kier molecular flexibility index (Phi) is 5.03. The lowest BCUT2D eigenvalue weighted by Crippen LogP contribution is -2.26. The first-order valence-corrected chi connectivity index (χ1v) is 9.32. The van der Waals surface area contributed by atoms with Gasteiger partial charge in [0.1, 0.15) is 5.75 Å². The molecule has 26 heavy (non-hydrogen) atoms. The molecule has 9 heteroatoms. The van der Waals surface area contributed by atoms with E-state index in [1.54, 1.807) is 18.2 Å². The molecule has 0 unspecified atom stereocenters. The number of aryl methyl sites for hydroxylation is 1. The molecule has 0 bridgehead atoms. The Hall–Kier alpha value is -2.00. The van der Waals surface area contributed by atoms with E-state index in [4.69, 9.17) is 9.47 Å². The summed E-state index contributed by atoms with van der Waals surface area (Å²) in [6, 6.07) is 4.76. The van der Waals surface area contributed by atoms with Gasteiger partial charge in [-0.05, 0) is 54.2 Å². The SMILES string of the molecule is COc1ccc2c(c1)CCC(C1=CCOCC1)=C2OS(=O)(=O)C(F)(F)F. The molecule has 1 aliphatic heterocycles. The highest BCUT2D eigenvalue weighted by Crippen LogP contribution is 2.41. The number of benzene rings is 1. The highest BCUT2D eigenvalue weighted by atomic mass is 32.2. The zero-order valence-electron chi connectivity index (χ0n) is 13.9. The Morgan fingerprint density at radius 1 is 1.15 bits per heavy atom. The molecule has 0 N–H and O–H groups in total. The van der Waals surface area contributed by atoms with Gasteiger partial charge in [0.05, 0.1) is 20.3 Å². The second kappa shape index (κ2) is 6.96. The largest absolute Gasteiger partial charge is 0.534 e. The Morgan fingerprint density at radius 3 is 2.54 bits per heavy atom. The quantitative estimate of drug-likeness (QED) is 0.581. The van der Waals surface area contributed by atoms with Gasteiger partial charge in [-0.15, -0.1) is 0 Å². The van der Waals surface area contributed by atoms with Crippen molar-refractivity contribution in [2.24, 2.45) is 0 Å². The second-order valence-electron chi connectivity index (χ2n) is 5.87. The van der Waals surface area contributed by atoms with Crippen molar-refractivity contribution in [2.45, 2.75) is 24.8 Å². The molecule has 0 saturated heterocycles. The van der Waals surface area contributed by atoms with Crippen molar-refractivity contribution in [1.29, 1.82) is 0 Å². The van der Waals surface area contributed by atoms with Crippen LogP contribution in [0.15, 0.2) is 35.4 Å². The maximum absolute atomic E-state index is 12.9. The molecule has 1 aliphatic carbocycles. The van der Waals surface area contributed by atoms with Crippen molar-refractivity contribution < 1.29 is 35.2 Å². The van der Waals surface area contributed by atoms with Crippen molar-refractivity contribution in [3.63, 3.8) is 0 Å².